The van der Waals surface area contributed by atoms with Gasteiger partial charge in [-0.15, -0.1) is 0 Å². The zero-order valence-corrected chi connectivity index (χ0v) is 12.1. The molecule has 1 aromatic carbocycles. The standard InChI is InChI=1S/C15H23NOS/c1-17-14-8-6-13(7-9-14)15(12-4-5-12)16-10-3-11-18-2/h6-9,12,15-16H,3-5,10-11H2,1-2H3. The maximum absolute atomic E-state index is 5.21. The molecular weight excluding hydrogens is 242 g/mol. The van der Waals surface area contributed by atoms with E-state index in [4.69, 9.17) is 4.74 Å². The van der Waals surface area contributed by atoms with Crippen molar-refractivity contribution in [2.75, 3.05) is 25.7 Å². The van der Waals surface area contributed by atoms with Gasteiger partial charge in [0.2, 0.25) is 0 Å². The van der Waals surface area contributed by atoms with E-state index in [1.165, 1.54) is 30.6 Å². The smallest absolute Gasteiger partial charge is 0.118 e. The Morgan fingerprint density at radius 3 is 2.61 bits per heavy atom. The quantitative estimate of drug-likeness (QED) is 0.727. The van der Waals surface area contributed by atoms with Crippen LogP contribution in [-0.2, 0) is 0 Å². The number of ether oxygens (including phenoxy) is 1. The van der Waals surface area contributed by atoms with Crippen molar-refractivity contribution in [3.63, 3.8) is 0 Å². The Bertz CT molecular complexity index is 348. The topological polar surface area (TPSA) is 21.3 Å². The van der Waals surface area contributed by atoms with Crippen LogP contribution in [0.3, 0.4) is 0 Å². The molecule has 0 aliphatic heterocycles. The van der Waals surface area contributed by atoms with Crippen LogP contribution in [-0.4, -0.2) is 25.7 Å². The Hall–Kier alpha value is -0.670. The largest absolute Gasteiger partial charge is 0.497 e. The second-order valence-corrected chi connectivity index (χ2v) is 5.87. The van der Waals surface area contributed by atoms with E-state index in [0.29, 0.717) is 6.04 Å². The minimum atomic E-state index is 0.540. The van der Waals surface area contributed by atoms with Gasteiger partial charge in [-0.25, -0.2) is 0 Å². The third-order valence-electron chi connectivity index (χ3n) is 3.46. The maximum atomic E-state index is 5.21. The predicted octanol–water partition coefficient (Wildman–Crippen LogP) is 3.49. The summed E-state index contributed by atoms with van der Waals surface area (Å²) in [7, 11) is 1.72. The van der Waals surface area contributed by atoms with Gasteiger partial charge in [-0.2, -0.15) is 11.8 Å². The summed E-state index contributed by atoms with van der Waals surface area (Å²) in [5.41, 5.74) is 1.41. The average Bonchev–Trinajstić information content (AvgIpc) is 3.24. The van der Waals surface area contributed by atoms with Crippen LogP contribution in [0.5, 0.6) is 5.75 Å². The number of hydrogen-bond donors (Lipinski definition) is 1. The molecule has 1 aliphatic rings. The molecule has 100 valence electrons. The number of methoxy groups -OCH3 is 1. The molecule has 0 spiro atoms. The third-order valence-corrected chi connectivity index (χ3v) is 4.15. The summed E-state index contributed by atoms with van der Waals surface area (Å²) in [5, 5.41) is 3.72. The molecule has 18 heavy (non-hydrogen) atoms. The predicted molar refractivity (Wildman–Crippen MR) is 79.5 cm³/mol. The second-order valence-electron chi connectivity index (χ2n) is 4.89. The van der Waals surface area contributed by atoms with Crippen molar-refractivity contribution in [2.24, 2.45) is 5.92 Å². The highest BCUT2D eigenvalue weighted by molar-refractivity contribution is 7.98. The highest BCUT2D eigenvalue weighted by Crippen LogP contribution is 2.41. The van der Waals surface area contributed by atoms with Gasteiger partial charge >= 0.3 is 0 Å². The van der Waals surface area contributed by atoms with Gasteiger partial charge in [-0.05, 0) is 61.4 Å². The summed E-state index contributed by atoms with van der Waals surface area (Å²) in [6.07, 6.45) is 6.15. The molecule has 2 rings (SSSR count). The summed E-state index contributed by atoms with van der Waals surface area (Å²) < 4.78 is 5.21. The zero-order valence-electron chi connectivity index (χ0n) is 11.3. The molecule has 0 aromatic heterocycles. The number of hydrogen-bond acceptors (Lipinski definition) is 3. The van der Waals surface area contributed by atoms with Crippen molar-refractivity contribution in [3.8, 4) is 5.75 Å². The van der Waals surface area contributed by atoms with E-state index in [-0.39, 0.29) is 0 Å². The molecule has 1 N–H and O–H groups in total. The molecular formula is C15H23NOS. The molecule has 0 bridgehead atoms. The van der Waals surface area contributed by atoms with E-state index in [1.54, 1.807) is 7.11 Å². The fourth-order valence-corrected chi connectivity index (χ4v) is 2.70. The lowest BCUT2D eigenvalue weighted by Gasteiger charge is -2.19. The van der Waals surface area contributed by atoms with E-state index < -0.39 is 0 Å². The summed E-state index contributed by atoms with van der Waals surface area (Å²) in [6.45, 7) is 1.12. The van der Waals surface area contributed by atoms with Gasteiger partial charge in [0, 0.05) is 6.04 Å². The SMILES string of the molecule is COc1ccc(C(NCCCSC)C2CC2)cc1. The zero-order chi connectivity index (χ0) is 12.8. The summed E-state index contributed by atoms with van der Waals surface area (Å²) in [6, 6.07) is 9.06. The van der Waals surface area contributed by atoms with Crippen molar-refractivity contribution in [1.82, 2.24) is 5.32 Å². The van der Waals surface area contributed by atoms with Crippen LogP contribution in [0.2, 0.25) is 0 Å². The van der Waals surface area contributed by atoms with Gasteiger partial charge in [0.05, 0.1) is 7.11 Å². The molecule has 1 aliphatic carbocycles. The number of thioether (sulfide) groups is 1. The van der Waals surface area contributed by atoms with Crippen LogP contribution in [0.25, 0.3) is 0 Å². The number of rotatable bonds is 8. The molecule has 1 aromatic rings. The van der Waals surface area contributed by atoms with Crippen LogP contribution in [0.15, 0.2) is 24.3 Å². The van der Waals surface area contributed by atoms with Gasteiger partial charge in [0.25, 0.3) is 0 Å². The lowest BCUT2D eigenvalue weighted by molar-refractivity contribution is 0.413. The molecule has 0 radical (unpaired) electrons. The molecule has 2 nitrogen and oxygen atoms in total. The van der Waals surface area contributed by atoms with Gasteiger partial charge in [0.15, 0.2) is 0 Å². The fraction of sp³-hybridized carbons (Fsp3) is 0.600. The Morgan fingerprint density at radius 1 is 1.33 bits per heavy atom. The first-order valence-corrected chi connectivity index (χ1v) is 8.11. The monoisotopic (exact) mass is 265 g/mol. The molecule has 1 fully saturated rings. The van der Waals surface area contributed by atoms with E-state index in [1.807, 2.05) is 11.8 Å². The second kappa shape index (κ2) is 7.05. The van der Waals surface area contributed by atoms with Crippen LogP contribution in [0.1, 0.15) is 30.9 Å². The molecule has 1 atom stereocenters. The highest BCUT2D eigenvalue weighted by atomic mass is 32.2. The van der Waals surface area contributed by atoms with Crippen LogP contribution in [0, 0.1) is 5.92 Å². The Morgan fingerprint density at radius 2 is 2.06 bits per heavy atom. The van der Waals surface area contributed by atoms with Crippen LogP contribution < -0.4 is 10.1 Å². The van der Waals surface area contributed by atoms with Gasteiger partial charge in [0.1, 0.15) is 5.75 Å². The van der Waals surface area contributed by atoms with Crippen LogP contribution >= 0.6 is 11.8 Å². The molecule has 0 saturated heterocycles. The third kappa shape index (κ3) is 3.92. The summed E-state index contributed by atoms with van der Waals surface area (Å²) in [5.74, 6) is 3.02. The van der Waals surface area contributed by atoms with E-state index in [9.17, 15) is 0 Å². The first kappa shape index (κ1) is 13.8. The minimum Gasteiger partial charge on any atom is -0.497 e. The van der Waals surface area contributed by atoms with Crippen molar-refractivity contribution < 1.29 is 4.74 Å². The number of nitrogens with one attached hydrogen (secondary N) is 1. The van der Waals surface area contributed by atoms with Crippen molar-refractivity contribution in [1.29, 1.82) is 0 Å². The summed E-state index contributed by atoms with van der Waals surface area (Å²) in [4.78, 5) is 0. The first-order valence-electron chi connectivity index (χ1n) is 6.71. The van der Waals surface area contributed by atoms with E-state index in [0.717, 1.165) is 18.2 Å². The number of benzene rings is 1. The molecule has 0 amide bonds. The van der Waals surface area contributed by atoms with Gasteiger partial charge < -0.3 is 10.1 Å². The Balaban J connectivity index is 1.91. The van der Waals surface area contributed by atoms with Crippen LogP contribution in [0.4, 0.5) is 0 Å². The Labute approximate surface area is 114 Å². The minimum absolute atomic E-state index is 0.540. The van der Waals surface area contributed by atoms with Gasteiger partial charge in [-0.3, -0.25) is 0 Å². The molecule has 0 heterocycles. The van der Waals surface area contributed by atoms with Crippen molar-refractivity contribution in [3.05, 3.63) is 29.8 Å². The Kier molecular flexibility index (Phi) is 5.39. The summed E-state index contributed by atoms with van der Waals surface area (Å²) >= 11 is 1.92. The molecule has 3 heteroatoms. The van der Waals surface area contributed by atoms with E-state index in [2.05, 4.69) is 35.8 Å². The lowest BCUT2D eigenvalue weighted by Crippen LogP contribution is -2.24. The van der Waals surface area contributed by atoms with E-state index >= 15 is 0 Å². The van der Waals surface area contributed by atoms with Crippen molar-refractivity contribution >= 4 is 11.8 Å². The highest BCUT2D eigenvalue weighted by Gasteiger charge is 2.31. The first-order chi connectivity index (χ1) is 8.85. The molecule has 1 saturated carbocycles. The molecule has 1 unspecified atom stereocenters. The normalized spacial score (nSPS) is 16.6. The lowest BCUT2D eigenvalue weighted by atomic mass is 10.0. The maximum Gasteiger partial charge on any atom is 0.118 e. The average molecular weight is 265 g/mol. The van der Waals surface area contributed by atoms with Gasteiger partial charge in [-0.1, -0.05) is 12.1 Å². The fourth-order valence-electron chi connectivity index (χ4n) is 2.27. The van der Waals surface area contributed by atoms with Crippen molar-refractivity contribution in [2.45, 2.75) is 25.3 Å².